The normalized spacial score (nSPS) is 9.86. The zero-order chi connectivity index (χ0) is 10.6. The first-order valence-corrected chi connectivity index (χ1v) is 4.62. The van der Waals surface area contributed by atoms with E-state index in [-0.39, 0.29) is 17.8 Å². The molecule has 0 saturated heterocycles. The van der Waals surface area contributed by atoms with Crippen LogP contribution in [0.1, 0.15) is 23.2 Å². The molecule has 1 nitrogen and oxygen atoms in total. The average Bonchev–Trinajstić information content (AvgIpc) is 2.14. The van der Waals surface area contributed by atoms with Crippen LogP contribution in [0.5, 0.6) is 0 Å². The third-order valence-corrected chi connectivity index (χ3v) is 2.04. The fraction of sp³-hybridized carbons (Fsp3) is 0.182. The summed E-state index contributed by atoms with van der Waals surface area (Å²) < 4.78 is 13.2. The molecule has 0 aliphatic heterocycles. The summed E-state index contributed by atoms with van der Waals surface area (Å²) in [7, 11) is 0. The van der Waals surface area contributed by atoms with Crippen LogP contribution in [0.2, 0.25) is 5.02 Å². The van der Waals surface area contributed by atoms with Gasteiger partial charge in [0, 0.05) is 11.4 Å². The maximum absolute atomic E-state index is 13.2. The maximum Gasteiger partial charge on any atom is 0.166 e. The lowest BCUT2D eigenvalue weighted by Crippen LogP contribution is -2.01. The lowest BCUT2D eigenvalue weighted by molar-refractivity contribution is 0.0980. The summed E-state index contributed by atoms with van der Waals surface area (Å²) in [5, 5.41) is 0.294. The molecule has 1 aromatic rings. The van der Waals surface area contributed by atoms with Gasteiger partial charge in [-0.05, 0) is 24.6 Å². The van der Waals surface area contributed by atoms with Crippen molar-refractivity contribution in [1.29, 1.82) is 0 Å². The predicted molar refractivity (Wildman–Crippen MR) is 55.2 cm³/mol. The van der Waals surface area contributed by atoms with Gasteiger partial charge in [-0.2, -0.15) is 0 Å². The molecule has 0 atom stereocenters. The van der Waals surface area contributed by atoms with Gasteiger partial charge in [0.1, 0.15) is 5.82 Å². The number of ketones is 1. The average molecular weight is 213 g/mol. The van der Waals surface area contributed by atoms with Crippen LogP contribution in [0.15, 0.2) is 30.9 Å². The fourth-order valence-corrected chi connectivity index (χ4v) is 1.24. The number of benzene rings is 1. The topological polar surface area (TPSA) is 17.1 Å². The Labute approximate surface area is 87.2 Å². The zero-order valence-corrected chi connectivity index (χ0v) is 8.35. The van der Waals surface area contributed by atoms with Crippen LogP contribution < -0.4 is 0 Å². The first kappa shape index (κ1) is 10.9. The molecule has 0 amide bonds. The number of hydrogen-bond donors (Lipinski definition) is 0. The van der Waals surface area contributed by atoms with Crippen molar-refractivity contribution < 1.29 is 9.18 Å². The number of carbonyl (C=O) groups is 1. The van der Waals surface area contributed by atoms with Crippen LogP contribution in [0.25, 0.3) is 0 Å². The number of hydrogen-bond acceptors (Lipinski definition) is 1. The minimum atomic E-state index is -0.563. The van der Waals surface area contributed by atoms with E-state index in [9.17, 15) is 9.18 Å². The molecular weight excluding hydrogens is 203 g/mol. The van der Waals surface area contributed by atoms with Crippen molar-refractivity contribution in [3.63, 3.8) is 0 Å². The van der Waals surface area contributed by atoms with Crippen LogP contribution in [0.3, 0.4) is 0 Å². The van der Waals surface area contributed by atoms with Crippen LogP contribution in [0.4, 0.5) is 4.39 Å². The second kappa shape index (κ2) is 4.91. The smallest absolute Gasteiger partial charge is 0.166 e. The summed E-state index contributed by atoms with van der Waals surface area (Å²) in [6.07, 6.45) is 2.47. The molecule has 0 fully saturated rings. The van der Waals surface area contributed by atoms with Crippen molar-refractivity contribution in [2.24, 2.45) is 0 Å². The maximum atomic E-state index is 13.2. The number of allylic oxidation sites excluding steroid dienone is 1. The van der Waals surface area contributed by atoms with Gasteiger partial charge >= 0.3 is 0 Å². The van der Waals surface area contributed by atoms with E-state index in [4.69, 9.17) is 11.6 Å². The van der Waals surface area contributed by atoms with Crippen molar-refractivity contribution in [2.45, 2.75) is 12.8 Å². The summed E-state index contributed by atoms with van der Waals surface area (Å²) in [6, 6.07) is 4.05. The van der Waals surface area contributed by atoms with Crippen LogP contribution >= 0.6 is 11.6 Å². The van der Waals surface area contributed by atoms with Gasteiger partial charge < -0.3 is 0 Å². The third-order valence-electron chi connectivity index (χ3n) is 1.81. The lowest BCUT2D eigenvalue weighted by atomic mass is 10.1. The third kappa shape index (κ3) is 2.67. The Morgan fingerprint density at radius 3 is 2.86 bits per heavy atom. The molecule has 3 heteroatoms. The minimum absolute atomic E-state index is 0.0938. The Morgan fingerprint density at radius 1 is 1.57 bits per heavy atom. The van der Waals surface area contributed by atoms with E-state index in [1.165, 1.54) is 12.1 Å². The predicted octanol–water partition coefficient (Wildman–Crippen LogP) is 3.63. The molecule has 0 saturated carbocycles. The van der Waals surface area contributed by atoms with E-state index in [0.29, 0.717) is 11.4 Å². The molecule has 0 aliphatic carbocycles. The van der Waals surface area contributed by atoms with E-state index in [1.807, 2.05) is 0 Å². The Kier molecular flexibility index (Phi) is 3.84. The Hall–Kier alpha value is -1.15. The van der Waals surface area contributed by atoms with Gasteiger partial charge in [-0.3, -0.25) is 4.79 Å². The molecule has 74 valence electrons. The zero-order valence-electron chi connectivity index (χ0n) is 7.59. The van der Waals surface area contributed by atoms with E-state index < -0.39 is 5.82 Å². The van der Waals surface area contributed by atoms with E-state index in [2.05, 4.69) is 6.58 Å². The highest BCUT2D eigenvalue weighted by Gasteiger charge is 2.10. The van der Waals surface area contributed by atoms with Crippen LogP contribution in [-0.4, -0.2) is 5.78 Å². The summed E-state index contributed by atoms with van der Waals surface area (Å²) >= 11 is 5.56. The first-order chi connectivity index (χ1) is 6.65. The monoisotopic (exact) mass is 212 g/mol. The van der Waals surface area contributed by atoms with Crippen LogP contribution in [0, 0.1) is 5.82 Å². The number of halogens is 2. The molecule has 0 N–H and O–H groups in total. The van der Waals surface area contributed by atoms with Crippen LogP contribution in [-0.2, 0) is 0 Å². The molecule has 0 aromatic heterocycles. The highest BCUT2D eigenvalue weighted by molar-refractivity contribution is 6.30. The molecule has 1 aromatic carbocycles. The van der Waals surface area contributed by atoms with Crippen molar-refractivity contribution in [1.82, 2.24) is 0 Å². The standard InChI is InChI=1S/C11H10ClFO/c1-2-3-4-11(14)9-6-5-8(12)7-10(9)13/h2,5-7H,1,3-4H2. The Balaban J connectivity index is 2.84. The molecule has 0 radical (unpaired) electrons. The fourth-order valence-electron chi connectivity index (χ4n) is 1.08. The highest BCUT2D eigenvalue weighted by atomic mass is 35.5. The molecule has 0 unspecified atom stereocenters. The quantitative estimate of drug-likeness (QED) is 0.550. The van der Waals surface area contributed by atoms with Gasteiger partial charge in [0.05, 0.1) is 5.56 Å². The Morgan fingerprint density at radius 2 is 2.29 bits per heavy atom. The number of carbonyl (C=O) groups excluding carboxylic acids is 1. The van der Waals surface area contributed by atoms with Crippen molar-refractivity contribution in [3.8, 4) is 0 Å². The molecule has 14 heavy (non-hydrogen) atoms. The van der Waals surface area contributed by atoms with Crippen molar-refractivity contribution >= 4 is 17.4 Å². The van der Waals surface area contributed by atoms with Gasteiger partial charge in [-0.1, -0.05) is 17.7 Å². The summed E-state index contributed by atoms with van der Waals surface area (Å²) in [5.41, 5.74) is 0.0938. The van der Waals surface area contributed by atoms with Gasteiger partial charge in [-0.25, -0.2) is 4.39 Å². The summed E-state index contributed by atoms with van der Waals surface area (Å²) in [6.45, 7) is 3.50. The number of rotatable bonds is 4. The minimum Gasteiger partial charge on any atom is -0.294 e. The molecule has 0 aliphatic rings. The van der Waals surface area contributed by atoms with E-state index >= 15 is 0 Å². The van der Waals surface area contributed by atoms with Crippen molar-refractivity contribution in [3.05, 3.63) is 47.3 Å². The second-order valence-electron chi connectivity index (χ2n) is 2.87. The van der Waals surface area contributed by atoms with Gasteiger partial charge in [0.25, 0.3) is 0 Å². The molecule has 1 rings (SSSR count). The molecule has 0 heterocycles. The van der Waals surface area contributed by atoms with Gasteiger partial charge in [0.2, 0.25) is 0 Å². The number of Topliss-reactive ketones (excluding diaryl/α,β-unsaturated/α-hetero) is 1. The van der Waals surface area contributed by atoms with Crippen molar-refractivity contribution in [2.75, 3.05) is 0 Å². The summed E-state index contributed by atoms with van der Waals surface area (Å²) in [4.78, 5) is 11.4. The SMILES string of the molecule is C=CCCC(=O)c1ccc(Cl)cc1F. The molecule has 0 bridgehead atoms. The first-order valence-electron chi connectivity index (χ1n) is 4.24. The lowest BCUT2D eigenvalue weighted by Gasteiger charge is -2.01. The Bertz CT molecular complexity index is 360. The second-order valence-corrected chi connectivity index (χ2v) is 3.31. The molecular formula is C11H10ClFO. The summed E-state index contributed by atoms with van der Waals surface area (Å²) in [5.74, 6) is -0.786. The van der Waals surface area contributed by atoms with Gasteiger partial charge in [0.15, 0.2) is 5.78 Å². The van der Waals surface area contributed by atoms with E-state index in [1.54, 1.807) is 6.08 Å². The largest absolute Gasteiger partial charge is 0.294 e. The van der Waals surface area contributed by atoms with E-state index in [0.717, 1.165) is 6.07 Å². The van der Waals surface area contributed by atoms with Gasteiger partial charge in [-0.15, -0.1) is 6.58 Å². The highest BCUT2D eigenvalue weighted by Crippen LogP contribution is 2.16. The molecule has 0 spiro atoms.